The number of hydrogen-bond acceptors (Lipinski definition) is 5. The minimum atomic E-state index is -0.0524. The third-order valence-electron chi connectivity index (χ3n) is 3.79. The zero-order chi connectivity index (χ0) is 15.5. The van der Waals surface area contributed by atoms with Crippen molar-refractivity contribution in [2.45, 2.75) is 18.9 Å². The maximum atomic E-state index is 11.7. The number of carbonyl (C=O) groups excluding carboxylic acids is 1. The Morgan fingerprint density at radius 2 is 2.41 bits per heavy atom. The van der Waals surface area contributed by atoms with Gasteiger partial charge in [0, 0.05) is 37.6 Å². The highest BCUT2D eigenvalue weighted by molar-refractivity contribution is 5.80. The van der Waals surface area contributed by atoms with Gasteiger partial charge in [-0.2, -0.15) is 5.26 Å². The lowest BCUT2D eigenvalue weighted by molar-refractivity contribution is 0.184. The summed E-state index contributed by atoms with van der Waals surface area (Å²) in [6.45, 7) is 1.42. The molecule has 0 saturated carbocycles. The summed E-state index contributed by atoms with van der Waals surface area (Å²) >= 11 is 0. The fraction of sp³-hybridized carbons (Fsp3) is 0.400. The molecule has 1 fully saturated rings. The molecule has 0 aliphatic carbocycles. The molecule has 1 aliphatic heterocycles. The first-order chi connectivity index (χ1) is 10.7. The maximum absolute atomic E-state index is 11.7. The number of nitriles is 1. The van der Waals surface area contributed by atoms with E-state index in [-0.39, 0.29) is 17.8 Å². The molecule has 2 aromatic heterocycles. The summed E-state index contributed by atoms with van der Waals surface area (Å²) in [6, 6.07) is 5.64. The maximum Gasteiger partial charge on any atom is 0.317 e. The van der Waals surface area contributed by atoms with Crippen molar-refractivity contribution >= 4 is 22.8 Å². The van der Waals surface area contributed by atoms with E-state index in [1.165, 1.54) is 0 Å². The van der Waals surface area contributed by atoms with Crippen LogP contribution < -0.4 is 10.6 Å². The molecule has 3 heterocycles. The Bertz CT molecular complexity index is 733. The van der Waals surface area contributed by atoms with E-state index in [1.807, 2.05) is 12.1 Å². The average molecular weight is 299 g/mol. The number of hydrogen-bond donors (Lipinski definition) is 2. The molecule has 2 aromatic rings. The van der Waals surface area contributed by atoms with Gasteiger partial charge in [-0.3, -0.25) is 0 Å². The van der Waals surface area contributed by atoms with Gasteiger partial charge in [0.15, 0.2) is 5.58 Å². The third-order valence-corrected chi connectivity index (χ3v) is 3.79. The summed E-state index contributed by atoms with van der Waals surface area (Å²) in [5, 5.41) is 15.7. The number of piperidine rings is 1. The van der Waals surface area contributed by atoms with Crippen molar-refractivity contribution in [1.29, 1.82) is 5.26 Å². The SMILES string of the molecule is CNC(=O)N1CCCC(Nc2cc3cc(C#N)oc3cn2)C1. The normalized spacial score (nSPS) is 18.0. The van der Waals surface area contributed by atoms with Gasteiger partial charge in [0.1, 0.15) is 11.9 Å². The molecule has 1 unspecified atom stereocenters. The predicted octanol–water partition coefficient (Wildman–Crippen LogP) is 1.92. The quantitative estimate of drug-likeness (QED) is 0.883. The number of pyridine rings is 1. The van der Waals surface area contributed by atoms with Gasteiger partial charge in [-0.15, -0.1) is 0 Å². The summed E-state index contributed by atoms with van der Waals surface area (Å²) in [4.78, 5) is 17.8. The van der Waals surface area contributed by atoms with Crippen LogP contribution in [-0.2, 0) is 0 Å². The second-order valence-electron chi connectivity index (χ2n) is 5.31. The Morgan fingerprint density at radius 1 is 1.55 bits per heavy atom. The zero-order valence-electron chi connectivity index (χ0n) is 12.3. The Labute approximate surface area is 127 Å². The Morgan fingerprint density at radius 3 is 3.18 bits per heavy atom. The number of nitrogens with zero attached hydrogens (tertiary/aromatic N) is 3. The standard InChI is InChI=1S/C15H17N5O2/c1-17-15(21)20-4-2-3-11(9-20)19-14-6-10-5-12(7-16)22-13(10)8-18-14/h5-6,8,11H,2-4,9H2,1H3,(H,17,21)(H,18,19). The van der Waals surface area contributed by atoms with Gasteiger partial charge in [0.2, 0.25) is 5.76 Å². The van der Waals surface area contributed by atoms with E-state index in [0.717, 1.165) is 30.6 Å². The highest BCUT2D eigenvalue weighted by Gasteiger charge is 2.23. The van der Waals surface area contributed by atoms with Crippen LogP contribution in [0.2, 0.25) is 0 Å². The summed E-state index contributed by atoms with van der Waals surface area (Å²) in [7, 11) is 1.64. The van der Waals surface area contributed by atoms with Crippen LogP contribution in [0.3, 0.4) is 0 Å². The van der Waals surface area contributed by atoms with Crippen LogP contribution in [0.15, 0.2) is 22.7 Å². The van der Waals surface area contributed by atoms with Gasteiger partial charge < -0.3 is 20.0 Å². The van der Waals surface area contributed by atoms with Gasteiger partial charge in [0.05, 0.1) is 6.20 Å². The first-order valence-electron chi connectivity index (χ1n) is 7.22. The van der Waals surface area contributed by atoms with Crippen LogP contribution in [0.25, 0.3) is 11.0 Å². The first kappa shape index (κ1) is 14.2. The molecule has 1 saturated heterocycles. The molecule has 0 radical (unpaired) electrons. The largest absolute Gasteiger partial charge is 0.444 e. The van der Waals surface area contributed by atoms with Crippen molar-refractivity contribution in [3.05, 3.63) is 24.1 Å². The van der Waals surface area contributed by atoms with Crippen LogP contribution in [0.1, 0.15) is 18.6 Å². The second kappa shape index (κ2) is 5.93. The molecule has 2 amide bonds. The molecule has 1 aliphatic rings. The predicted molar refractivity (Wildman–Crippen MR) is 81.4 cm³/mol. The van der Waals surface area contributed by atoms with Crippen LogP contribution >= 0.6 is 0 Å². The average Bonchev–Trinajstić information content (AvgIpc) is 2.96. The zero-order valence-corrected chi connectivity index (χ0v) is 12.3. The Balaban J connectivity index is 1.72. The molecular formula is C15H17N5O2. The fourth-order valence-corrected chi connectivity index (χ4v) is 2.73. The molecule has 0 bridgehead atoms. The topological polar surface area (TPSA) is 94.2 Å². The van der Waals surface area contributed by atoms with E-state index in [2.05, 4.69) is 15.6 Å². The molecule has 1 atom stereocenters. The van der Waals surface area contributed by atoms with Gasteiger partial charge in [-0.1, -0.05) is 0 Å². The number of anilines is 1. The number of urea groups is 1. The number of aromatic nitrogens is 1. The third kappa shape index (κ3) is 2.81. The summed E-state index contributed by atoms with van der Waals surface area (Å²) in [6.07, 6.45) is 3.55. The minimum absolute atomic E-state index is 0.0524. The van der Waals surface area contributed by atoms with E-state index in [1.54, 1.807) is 24.2 Å². The van der Waals surface area contributed by atoms with Crippen molar-refractivity contribution in [2.75, 3.05) is 25.5 Å². The monoisotopic (exact) mass is 299 g/mol. The van der Waals surface area contributed by atoms with Crippen molar-refractivity contribution in [1.82, 2.24) is 15.2 Å². The van der Waals surface area contributed by atoms with Crippen LogP contribution in [0.4, 0.5) is 10.6 Å². The van der Waals surface area contributed by atoms with Gasteiger partial charge in [-0.25, -0.2) is 9.78 Å². The molecule has 7 heteroatoms. The van der Waals surface area contributed by atoms with Gasteiger partial charge in [-0.05, 0) is 18.9 Å². The van der Waals surface area contributed by atoms with E-state index in [4.69, 9.17) is 9.68 Å². The summed E-state index contributed by atoms with van der Waals surface area (Å²) < 4.78 is 5.31. The Kier molecular flexibility index (Phi) is 3.83. The van der Waals surface area contributed by atoms with Gasteiger partial charge in [0.25, 0.3) is 0 Å². The number of carbonyl (C=O) groups is 1. The minimum Gasteiger partial charge on any atom is -0.444 e. The number of furan rings is 1. The highest BCUT2D eigenvalue weighted by Crippen LogP contribution is 2.22. The summed E-state index contributed by atoms with van der Waals surface area (Å²) in [5.41, 5.74) is 0.595. The van der Waals surface area contributed by atoms with Crippen LogP contribution in [-0.4, -0.2) is 42.1 Å². The number of fused-ring (bicyclic) bond motifs is 1. The molecule has 0 spiro atoms. The second-order valence-corrected chi connectivity index (χ2v) is 5.31. The molecule has 3 rings (SSSR count). The number of amides is 2. The summed E-state index contributed by atoms with van der Waals surface area (Å²) in [5.74, 6) is 0.999. The van der Waals surface area contributed by atoms with Gasteiger partial charge >= 0.3 is 6.03 Å². The van der Waals surface area contributed by atoms with Crippen molar-refractivity contribution in [2.24, 2.45) is 0 Å². The molecule has 22 heavy (non-hydrogen) atoms. The van der Waals surface area contributed by atoms with Crippen LogP contribution in [0, 0.1) is 11.3 Å². The van der Waals surface area contributed by atoms with E-state index < -0.39 is 0 Å². The molecule has 7 nitrogen and oxygen atoms in total. The van der Waals surface area contributed by atoms with Crippen molar-refractivity contribution < 1.29 is 9.21 Å². The van der Waals surface area contributed by atoms with Crippen LogP contribution in [0.5, 0.6) is 0 Å². The van der Waals surface area contributed by atoms with E-state index >= 15 is 0 Å². The molecular weight excluding hydrogens is 282 g/mol. The smallest absolute Gasteiger partial charge is 0.317 e. The molecule has 0 aromatic carbocycles. The Hall–Kier alpha value is -2.75. The number of likely N-dealkylation sites (tertiary alicyclic amines) is 1. The van der Waals surface area contributed by atoms with Crippen molar-refractivity contribution in [3.63, 3.8) is 0 Å². The lowest BCUT2D eigenvalue weighted by atomic mass is 10.1. The first-order valence-corrected chi connectivity index (χ1v) is 7.22. The molecule has 2 N–H and O–H groups in total. The lowest BCUT2D eigenvalue weighted by Gasteiger charge is -2.33. The lowest BCUT2D eigenvalue weighted by Crippen LogP contribution is -2.48. The molecule has 114 valence electrons. The number of nitrogens with one attached hydrogen (secondary N) is 2. The number of rotatable bonds is 2. The fourth-order valence-electron chi connectivity index (χ4n) is 2.73. The van der Waals surface area contributed by atoms with E-state index in [9.17, 15) is 4.79 Å². The highest BCUT2D eigenvalue weighted by atomic mass is 16.3. The van der Waals surface area contributed by atoms with Crippen molar-refractivity contribution in [3.8, 4) is 6.07 Å². The van der Waals surface area contributed by atoms with E-state index in [0.29, 0.717) is 12.1 Å².